The van der Waals surface area contributed by atoms with Gasteiger partial charge in [0.2, 0.25) is 18.5 Å². The Labute approximate surface area is 167 Å². The number of nitrogens with zero attached hydrogens (tertiary/aromatic N) is 3. The molecule has 0 radical (unpaired) electrons. The minimum atomic E-state index is -0.141. The van der Waals surface area contributed by atoms with Gasteiger partial charge >= 0.3 is 0 Å². The normalized spacial score (nSPS) is 20.7. The number of likely N-dealkylation sites (tertiary alicyclic amines) is 1. The van der Waals surface area contributed by atoms with E-state index in [0.29, 0.717) is 41.7 Å². The molecule has 1 fully saturated rings. The molecule has 2 unspecified atom stereocenters. The molecule has 0 aliphatic carbocycles. The lowest BCUT2D eigenvalue weighted by molar-refractivity contribution is 0.0938. The Balaban J connectivity index is 1.26. The summed E-state index contributed by atoms with van der Waals surface area (Å²) in [6.45, 7) is 0.884. The predicted molar refractivity (Wildman–Crippen MR) is 104 cm³/mol. The molecule has 2 aliphatic rings. The predicted octanol–water partition coefficient (Wildman–Crippen LogP) is 2.64. The van der Waals surface area contributed by atoms with Crippen molar-refractivity contribution in [2.75, 3.05) is 20.4 Å². The van der Waals surface area contributed by atoms with Crippen LogP contribution in [-0.4, -0.2) is 47.4 Å². The molecule has 0 bridgehead atoms. The first-order valence-electron chi connectivity index (χ1n) is 9.47. The lowest BCUT2D eigenvalue weighted by atomic mass is 10.1. The second-order valence-corrected chi connectivity index (χ2v) is 7.25. The first-order chi connectivity index (χ1) is 14.2. The van der Waals surface area contributed by atoms with Gasteiger partial charge in [-0.2, -0.15) is 4.98 Å². The van der Waals surface area contributed by atoms with Crippen molar-refractivity contribution < 1.29 is 18.8 Å². The van der Waals surface area contributed by atoms with Crippen LogP contribution in [0, 0.1) is 0 Å². The van der Waals surface area contributed by atoms with Crippen molar-refractivity contribution in [3.8, 4) is 22.9 Å². The Bertz CT molecular complexity index is 1040. The van der Waals surface area contributed by atoms with E-state index in [1.54, 1.807) is 18.2 Å². The third-order valence-corrected chi connectivity index (χ3v) is 5.28. The Morgan fingerprint density at radius 3 is 2.83 bits per heavy atom. The second kappa shape index (κ2) is 7.21. The van der Waals surface area contributed by atoms with Crippen LogP contribution in [0.15, 0.2) is 53.1 Å². The lowest BCUT2D eigenvalue weighted by Gasteiger charge is -2.14. The first kappa shape index (κ1) is 17.7. The fourth-order valence-electron chi connectivity index (χ4n) is 3.77. The summed E-state index contributed by atoms with van der Waals surface area (Å²) >= 11 is 0. The van der Waals surface area contributed by atoms with E-state index in [2.05, 4.69) is 20.4 Å². The third-order valence-electron chi connectivity index (χ3n) is 5.28. The molecule has 3 aromatic rings. The highest BCUT2D eigenvalue weighted by molar-refractivity contribution is 5.95. The second-order valence-electron chi connectivity index (χ2n) is 7.25. The Morgan fingerprint density at radius 2 is 1.97 bits per heavy atom. The number of amides is 1. The fourth-order valence-corrected chi connectivity index (χ4v) is 3.77. The molecule has 1 saturated heterocycles. The number of hydrogen-bond donors (Lipinski definition) is 1. The van der Waals surface area contributed by atoms with Crippen molar-refractivity contribution >= 4 is 5.91 Å². The summed E-state index contributed by atoms with van der Waals surface area (Å²) in [7, 11) is 1.99. The van der Waals surface area contributed by atoms with Crippen LogP contribution >= 0.6 is 0 Å². The molecule has 2 aliphatic heterocycles. The monoisotopic (exact) mass is 392 g/mol. The van der Waals surface area contributed by atoms with Crippen molar-refractivity contribution in [1.29, 1.82) is 0 Å². The van der Waals surface area contributed by atoms with Gasteiger partial charge in [0.1, 0.15) is 0 Å². The van der Waals surface area contributed by atoms with Gasteiger partial charge in [0, 0.05) is 23.7 Å². The zero-order chi connectivity index (χ0) is 19.8. The highest BCUT2D eigenvalue weighted by Crippen LogP contribution is 2.33. The molecular formula is C21H20N4O4. The molecular weight excluding hydrogens is 372 g/mol. The van der Waals surface area contributed by atoms with Gasteiger partial charge in [-0.15, -0.1) is 0 Å². The molecule has 3 heterocycles. The quantitative estimate of drug-likeness (QED) is 0.730. The molecule has 5 rings (SSSR count). The van der Waals surface area contributed by atoms with Gasteiger partial charge < -0.3 is 19.3 Å². The van der Waals surface area contributed by atoms with Crippen LogP contribution < -0.4 is 14.8 Å². The van der Waals surface area contributed by atoms with E-state index in [9.17, 15) is 4.79 Å². The zero-order valence-electron chi connectivity index (χ0n) is 15.9. The van der Waals surface area contributed by atoms with Crippen LogP contribution in [0.1, 0.15) is 28.7 Å². The van der Waals surface area contributed by atoms with Crippen molar-refractivity contribution in [2.24, 2.45) is 0 Å². The van der Waals surface area contributed by atoms with Gasteiger partial charge in [-0.3, -0.25) is 9.69 Å². The summed E-state index contributed by atoms with van der Waals surface area (Å²) in [5, 5.41) is 7.19. The topological polar surface area (TPSA) is 89.7 Å². The molecule has 2 aromatic carbocycles. The number of rotatable bonds is 4. The number of likely N-dealkylation sites (N-methyl/N-ethyl adjacent to an activating group) is 1. The highest BCUT2D eigenvalue weighted by Gasteiger charge is 2.35. The maximum atomic E-state index is 12.7. The Hall–Kier alpha value is -3.39. The minimum absolute atomic E-state index is 0.0185. The molecule has 29 heavy (non-hydrogen) atoms. The van der Waals surface area contributed by atoms with Crippen LogP contribution in [0.3, 0.4) is 0 Å². The molecule has 148 valence electrons. The zero-order valence-corrected chi connectivity index (χ0v) is 15.9. The van der Waals surface area contributed by atoms with E-state index < -0.39 is 0 Å². The molecule has 8 nitrogen and oxygen atoms in total. The SMILES string of the molecule is CN1CC(NC(=O)c2ccc3c(c2)OCO3)CC1c1nc(-c2ccccc2)no1. The summed E-state index contributed by atoms with van der Waals surface area (Å²) < 4.78 is 16.2. The molecule has 0 spiro atoms. The Kier molecular flexibility index (Phi) is 4.40. The number of carbonyl (C=O) groups excluding carboxylic acids is 1. The number of carbonyl (C=O) groups is 1. The van der Waals surface area contributed by atoms with Crippen LogP contribution in [0.5, 0.6) is 11.5 Å². The van der Waals surface area contributed by atoms with Crippen LogP contribution in [0.4, 0.5) is 0 Å². The number of ether oxygens (including phenoxy) is 2. The Morgan fingerprint density at radius 1 is 1.14 bits per heavy atom. The van der Waals surface area contributed by atoms with Crippen LogP contribution in [-0.2, 0) is 0 Å². The van der Waals surface area contributed by atoms with Crippen LogP contribution in [0.25, 0.3) is 11.4 Å². The van der Waals surface area contributed by atoms with E-state index in [4.69, 9.17) is 14.0 Å². The van der Waals surface area contributed by atoms with Crippen LogP contribution in [0.2, 0.25) is 0 Å². The number of hydrogen-bond acceptors (Lipinski definition) is 7. The molecule has 1 amide bonds. The number of fused-ring (bicyclic) bond motifs is 1. The van der Waals surface area contributed by atoms with E-state index in [-0.39, 0.29) is 24.8 Å². The molecule has 8 heteroatoms. The lowest BCUT2D eigenvalue weighted by Crippen LogP contribution is -2.36. The van der Waals surface area contributed by atoms with E-state index in [0.717, 1.165) is 5.56 Å². The number of benzene rings is 2. The van der Waals surface area contributed by atoms with Gasteiger partial charge in [0.15, 0.2) is 11.5 Å². The maximum absolute atomic E-state index is 12.7. The molecule has 2 atom stereocenters. The molecule has 1 aromatic heterocycles. The van der Waals surface area contributed by atoms with E-state index >= 15 is 0 Å². The maximum Gasteiger partial charge on any atom is 0.251 e. The van der Waals surface area contributed by atoms with Crippen molar-refractivity contribution in [3.63, 3.8) is 0 Å². The summed E-state index contributed by atoms with van der Waals surface area (Å²) in [5.41, 5.74) is 1.46. The van der Waals surface area contributed by atoms with Gasteiger partial charge in [0.25, 0.3) is 5.91 Å². The average Bonchev–Trinajstić information content (AvgIpc) is 3.47. The smallest absolute Gasteiger partial charge is 0.251 e. The van der Waals surface area contributed by atoms with E-state index in [1.807, 2.05) is 37.4 Å². The van der Waals surface area contributed by atoms with Gasteiger partial charge in [-0.25, -0.2) is 0 Å². The van der Waals surface area contributed by atoms with Crippen molar-refractivity contribution in [2.45, 2.75) is 18.5 Å². The third kappa shape index (κ3) is 3.42. The molecule has 1 N–H and O–H groups in total. The molecule has 0 saturated carbocycles. The average molecular weight is 392 g/mol. The van der Waals surface area contributed by atoms with Crippen molar-refractivity contribution in [3.05, 3.63) is 60.0 Å². The largest absolute Gasteiger partial charge is 0.454 e. The summed E-state index contributed by atoms with van der Waals surface area (Å²) in [6.07, 6.45) is 0.698. The highest BCUT2D eigenvalue weighted by atomic mass is 16.7. The summed E-state index contributed by atoms with van der Waals surface area (Å²) in [5.74, 6) is 2.25. The van der Waals surface area contributed by atoms with E-state index in [1.165, 1.54) is 0 Å². The minimum Gasteiger partial charge on any atom is -0.454 e. The summed E-state index contributed by atoms with van der Waals surface area (Å²) in [6, 6.07) is 14.9. The van der Waals surface area contributed by atoms with Gasteiger partial charge in [-0.1, -0.05) is 35.5 Å². The first-order valence-corrected chi connectivity index (χ1v) is 9.47. The fraction of sp³-hybridized carbons (Fsp3) is 0.286. The summed E-state index contributed by atoms with van der Waals surface area (Å²) in [4.78, 5) is 19.3. The van der Waals surface area contributed by atoms with Gasteiger partial charge in [-0.05, 0) is 31.7 Å². The number of nitrogens with one attached hydrogen (secondary N) is 1. The standard InChI is InChI=1S/C21H20N4O4/c1-25-11-15(22-20(26)14-7-8-17-18(9-14)28-12-27-17)10-16(25)21-23-19(24-29-21)13-5-3-2-4-6-13/h2-9,15-16H,10-12H2,1H3,(H,22,26). The van der Waals surface area contributed by atoms with Crippen molar-refractivity contribution in [1.82, 2.24) is 20.4 Å². The number of aromatic nitrogens is 2. The van der Waals surface area contributed by atoms with Gasteiger partial charge in [0.05, 0.1) is 6.04 Å².